The molecule has 74 valence electrons. The van der Waals surface area contributed by atoms with Crippen molar-refractivity contribution in [3.8, 4) is 0 Å². The molecule has 1 aliphatic carbocycles. The maximum atomic E-state index is 12.7. The van der Waals surface area contributed by atoms with E-state index in [0.29, 0.717) is 0 Å². The van der Waals surface area contributed by atoms with Gasteiger partial charge in [0.2, 0.25) is 0 Å². The summed E-state index contributed by atoms with van der Waals surface area (Å²) in [5.74, 6) is 0.0946. The van der Waals surface area contributed by atoms with Gasteiger partial charge in [0.1, 0.15) is 5.83 Å². The molecule has 13 heavy (non-hydrogen) atoms. The Morgan fingerprint density at radius 1 is 1.23 bits per heavy atom. The van der Waals surface area contributed by atoms with Crippen LogP contribution in [0.3, 0.4) is 0 Å². The first-order valence-corrected chi connectivity index (χ1v) is 4.98. The quantitative estimate of drug-likeness (QED) is 0.563. The van der Waals surface area contributed by atoms with E-state index < -0.39 is 0 Å². The van der Waals surface area contributed by atoms with Crippen molar-refractivity contribution >= 4 is 0 Å². The lowest BCUT2D eigenvalue weighted by atomic mass is 10.1. The van der Waals surface area contributed by atoms with E-state index in [1.807, 2.05) is 26.8 Å². The van der Waals surface area contributed by atoms with Gasteiger partial charge in [-0.15, -0.1) is 0 Å². The molecule has 0 bridgehead atoms. The molecule has 0 saturated heterocycles. The lowest BCUT2D eigenvalue weighted by Crippen LogP contribution is -1.83. The fourth-order valence-corrected chi connectivity index (χ4v) is 1.17. The molecule has 0 aromatic heterocycles. The zero-order valence-electron chi connectivity index (χ0n) is 8.97. The molecular formula is C12H19F. The predicted octanol–water partition coefficient (Wildman–Crippen LogP) is 4.41. The first kappa shape index (κ1) is 12.2. The molecule has 0 spiro atoms. The van der Waals surface area contributed by atoms with Gasteiger partial charge >= 0.3 is 0 Å². The SMILES string of the molecule is CC.CCC1=CC(C)C=C(F)C=C1. The second-order valence-corrected chi connectivity index (χ2v) is 2.84. The number of rotatable bonds is 1. The monoisotopic (exact) mass is 182 g/mol. The molecule has 0 fully saturated rings. The molecule has 1 rings (SSSR count). The third-order valence-corrected chi connectivity index (χ3v) is 1.76. The summed E-state index contributed by atoms with van der Waals surface area (Å²) >= 11 is 0. The van der Waals surface area contributed by atoms with E-state index in [1.165, 1.54) is 11.6 Å². The largest absolute Gasteiger partial charge is 0.207 e. The van der Waals surface area contributed by atoms with Gasteiger partial charge in [0.25, 0.3) is 0 Å². The van der Waals surface area contributed by atoms with E-state index >= 15 is 0 Å². The summed E-state index contributed by atoms with van der Waals surface area (Å²) in [7, 11) is 0. The zero-order chi connectivity index (χ0) is 10.3. The minimum absolute atomic E-state index is 0.128. The molecule has 0 aliphatic heterocycles. The maximum Gasteiger partial charge on any atom is 0.119 e. The van der Waals surface area contributed by atoms with Crippen LogP contribution in [0.1, 0.15) is 34.1 Å². The van der Waals surface area contributed by atoms with Crippen molar-refractivity contribution in [2.24, 2.45) is 5.92 Å². The van der Waals surface area contributed by atoms with Gasteiger partial charge in [0, 0.05) is 0 Å². The van der Waals surface area contributed by atoms with Gasteiger partial charge in [-0.1, -0.05) is 45.4 Å². The van der Waals surface area contributed by atoms with Crippen LogP contribution in [-0.2, 0) is 0 Å². The van der Waals surface area contributed by atoms with Crippen LogP contribution in [0.15, 0.2) is 35.7 Å². The van der Waals surface area contributed by atoms with E-state index in [0.717, 1.165) is 6.42 Å². The summed E-state index contributed by atoms with van der Waals surface area (Å²) in [4.78, 5) is 0. The fourth-order valence-electron chi connectivity index (χ4n) is 1.17. The fraction of sp³-hybridized carbons (Fsp3) is 0.500. The Bertz CT molecular complexity index is 221. The first-order valence-electron chi connectivity index (χ1n) is 4.98. The van der Waals surface area contributed by atoms with Gasteiger partial charge in [-0.25, -0.2) is 4.39 Å². The number of hydrogen-bond acceptors (Lipinski definition) is 0. The molecular weight excluding hydrogens is 163 g/mol. The Kier molecular flexibility index (Phi) is 6.21. The van der Waals surface area contributed by atoms with Crippen molar-refractivity contribution in [1.29, 1.82) is 0 Å². The van der Waals surface area contributed by atoms with Gasteiger partial charge in [-0.2, -0.15) is 0 Å². The van der Waals surface area contributed by atoms with Gasteiger partial charge in [-0.05, 0) is 24.5 Å². The van der Waals surface area contributed by atoms with Crippen molar-refractivity contribution < 1.29 is 4.39 Å². The van der Waals surface area contributed by atoms with Crippen LogP contribution in [0.25, 0.3) is 0 Å². The highest BCUT2D eigenvalue weighted by Gasteiger charge is 2.01. The number of hydrogen-bond donors (Lipinski definition) is 0. The third-order valence-electron chi connectivity index (χ3n) is 1.76. The Morgan fingerprint density at radius 3 is 2.38 bits per heavy atom. The van der Waals surface area contributed by atoms with Gasteiger partial charge in [-0.3, -0.25) is 0 Å². The van der Waals surface area contributed by atoms with Crippen molar-refractivity contribution in [2.75, 3.05) is 0 Å². The smallest absolute Gasteiger partial charge is 0.119 e. The minimum atomic E-state index is -0.128. The molecule has 0 aromatic carbocycles. The molecule has 0 N–H and O–H groups in total. The highest BCUT2D eigenvalue weighted by atomic mass is 19.1. The van der Waals surface area contributed by atoms with Gasteiger partial charge in [0.15, 0.2) is 0 Å². The second kappa shape index (κ2) is 6.64. The van der Waals surface area contributed by atoms with E-state index in [1.54, 1.807) is 6.08 Å². The summed E-state index contributed by atoms with van der Waals surface area (Å²) in [6.45, 7) is 8.06. The lowest BCUT2D eigenvalue weighted by Gasteiger charge is -1.98. The Labute approximate surface area is 80.9 Å². The molecule has 1 unspecified atom stereocenters. The summed E-state index contributed by atoms with van der Waals surface area (Å²) in [5, 5.41) is 0. The second-order valence-electron chi connectivity index (χ2n) is 2.84. The normalized spacial score (nSPS) is 20.8. The van der Waals surface area contributed by atoms with E-state index in [9.17, 15) is 4.39 Å². The molecule has 0 aromatic rings. The molecule has 0 nitrogen and oxygen atoms in total. The minimum Gasteiger partial charge on any atom is -0.207 e. The summed E-state index contributed by atoms with van der Waals surface area (Å²) in [6, 6.07) is 0. The van der Waals surface area contributed by atoms with E-state index in [2.05, 4.69) is 13.0 Å². The Morgan fingerprint density at radius 2 is 1.85 bits per heavy atom. The third kappa shape index (κ3) is 4.66. The van der Waals surface area contributed by atoms with Crippen LogP contribution in [0.2, 0.25) is 0 Å². The van der Waals surface area contributed by atoms with Crippen LogP contribution in [0.4, 0.5) is 4.39 Å². The average Bonchev–Trinajstić information content (AvgIpc) is 2.30. The Balaban J connectivity index is 0.000000671. The van der Waals surface area contributed by atoms with E-state index in [-0.39, 0.29) is 11.7 Å². The maximum absolute atomic E-state index is 12.7. The topological polar surface area (TPSA) is 0 Å². The van der Waals surface area contributed by atoms with Gasteiger partial charge in [0.05, 0.1) is 0 Å². The van der Waals surface area contributed by atoms with Crippen LogP contribution >= 0.6 is 0 Å². The molecule has 0 saturated carbocycles. The molecule has 0 amide bonds. The lowest BCUT2D eigenvalue weighted by molar-refractivity contribution is 0.654. The zero-order valence-corrected chi connectivity index (χ0v) is 8.97. The number of allylic oxidation sites excluding steroid dienone is 6. The summed E-state index contributed by atoms with van der Waals surface area (Å²) in [5.41, 5.74) is 1.21. The van der Waals surface area contributed by atoms with Crippen LogP contribution < -0.4 is 0 Å². The molecule has 1 heteroatoms. The highest BCUT2D eigenvalue weighted by molar-refractivity contribution is 5.30. The summed E-state index contributed by atoms with van der Waals surface area (Å²) < 4.78 is 12.7. The van der Waals surface area contributed by atoms with Crippen molar-refractivity contribution in [2.45, 2.75) is 34.1 Å². The highest BCUT2D eigenvalue weighted by Crippen LogP contribution is 2.17. The van der Waals surface area contributed by atoms with Crippen LogP contribution in [0.5, 0.6) is 0 Å². The molecule has 1 atom stereocenters. The average molecular weight is 182 g/mol. The molecule has 0 radical (unpaired) electrons. The van der Waals surface area contributed by atoms with Crippen LogP contribution in [-0.4, -0.2) is 0 Å². The predicted molar refractivity (Wildman–Crippen MR) is 57.2 cm³/mol. The molecule has 0 heterocycles. The number of halogens is 1. The van der Waals surface area contributed by atoms with Gasteiger partial charge < -0.3 is 0 Å². The first-order chi connectivity index (χ1) is 6.22. The molecule has 1 aliphatic rings. The van der Waals surface area contributed by atoms with E-state index in [4.69, 9.17) is 0 Å². The Hall–Kier alpha value is -0.850. The van der Waals surface area contributed by atoms with Crippen LogP contribution in [0, 0.1) is 5.92 Å². The summed E-state index contributed by atoms with van der Waals surface area (Å²) in [6.07, 6.45) is 8.05. The standard InChI is InChI=1S/C10H13F.C2H6/c1-3-9-4-5-10(11)7-8(2)6-9;1-2/h4-8H,3H2,1-2H3;1-2H3. The van der Waals surface area contributed by atoms with Crippen molar-refractivity contribution in [1.82, 2.24) is 0 Å². The van der Waals surface area contributed by atoms with Crippen molar-refractivity contribution in [3.05, 3.63) is 35.7 Å². The van der Waals surface area contributed by atoms with Crippen molar-refractivity contribution in [3.63, 3.8) is 0 Å².